The van der Waals surface area contributed by atoms with E-state index in [1.54, 1.807) is 32.2 Å². The van der Waals surface area contributed by atoms with Crippen LogP contribution in [0.15, 0.2) is 18.2 Å². The number of aliphatic hydroxyl groups excluding tert-OH is 1. The maximum Gasteiger partial charge on any atom is 0.138 e. The Hall–Kier alpha value is -0.770. The molecule has 0 amide bonds. The topological polar surface area (TPSA) is 38.7 Å². The van der Waals surface area contributed by atoms with Gasteiger partial charge in [0, 0.05) is 7.11 Å². The smallest absolute Gasteiger partial charge is 0.138 e. The van der Waals surface area contributed by atoms with Gasteiger partial charge >= 0.3 is 0 Å². The van der Waals surface area contributed by atoms with Crippen LogP contribution in [0.5, 0.6) is 5.75 Å². The highest BCUT2D eigenvalue weighted by molar-refractivity contribution is 6.32. The van der Waals surface area contributed by atoms with Gasteiger partial charge in [0.25, 0.3) is 0 Å². The Bertz CT molecular complexity index is 339. The summed E-state index contributed by atoms with van der Waals surface area (Å²) in [7, 11) is 1.62. The molecular formula is C12H17ClO3. The highest BCUT2D eigenvalue weighted by Gasteiger charge is 2.09. The second kappa shape index (κ2) is 6.09. The number of rotatable bonds is 5. The SMILES string of the molecule is COCC(C)Oc1ccc(C(C)O)cc1Cl. The molecule has 4 heteroatoms. The lowest BCUT2D eigenvalue weighted by atomic mass is 10.1. The largest absolute Gasteiger partial charge is 0.487 e. The minimum absolute atomic E-state index is 0.0556. The van der Waals surface area contributed by atoms with E-state index in [9.17, 15) is 5.11 Å². The Balaban J connectivity index is 2.75. The third-order valence-corrected chi connectivity index (χ3v) is 2.46. The van der Waals surface area contributed by atoms with Crippen molar-refractivity contribution < 1.29 is 14.6 Å². The van der Waals surface area contributed by atoms with Crippen molar-refractivity contribution in [2.75, 3.05) is 13.7 Å². The van der Waals surface area contributed by atoms with Crippen molar-refractivity contribution in [1.29, 1.82) is 0 Å². The summed E-state index contributed by atoms with van der Waals surface area (Å²) in [5.41, 5.74) is 0.775. The lowest BCUT2D eigenvalue weighted by molar-refractivity contribution is 0.0921. The molecule has 3 nitrogen and oxygen atoms in total. The highest BCUT2D eigenvalue weighted by atomic mass is 35.5. The van der Waals surface area contributed by atoms with Gasteiger partial charge in [0.2, 0.25) is 0 Å². The van der Waals surface area contributed by atoms with E-state index in [0.717, 1.165) is 5.56 Å². The van der Waals surface area contributed by atoms with Crippen molar-refractivity contribution in [2.45, 2.75) is 26.1 Å². The van der Waals surface area contributed by atoms with E-state index < -0.39 is 6.10 Å². The molecule has 0 aliphatic heterocycles. The molecule has 0 aliphatic rings. The minimum Gasteiger partial charge on any atom is -0.487 e. The van der Waals surface area contributed by atoms with Crippen LogP contribution in [-0.2, 0) is 4.74 Å². The number of ether oxygens (including phenoxy) is 2. The summed E-state index contributed by atoms with van der Waals surface area (Å²) in [6.07, 6.45) is -0.581. The number of benzene rings is 1. The van der Waals surface area contributed by atoms with Crippen LogP contribution in [0.25, 0.3) is 0 Å². The molecule has 0 fully saturated rings. The van der Waals surface area contributed by atoms with Crippen molar-refractivity contribution in [3.8, 4) is 5.75 Å². The van der Waals surface area contributed by atoms with Gasteiger partial charge in [-0.25, -0.2) is 0 Å². The monoisotopic (exact) mass is 244 g/mol. The first-order valence-electron chi connectivity index (χ1n) is 5.17. The van der Waals surface area contributed by atoms with Gasteiger partial charge < -0.3 is 14.6 Å². The van der Waals surface area contributed by atoms with Gasteiger partial charge in [0.15, 0.2) is 0 Å². The van der Waals surface area contributed by atoms with Crippen molar-refractivity contribution in [3.63, 3.8) is 0 Å². The summed E-state index contributed by atoms with van der Waals surface area (Å²) < 4.78 is 10.6. The fourth-order valence-corrected chi connectivity index (χ4v) is 1.59. The van der Waals surface area contributed by atoms with Crippen LogP contribution in [0.3, 0.4) is 0 Å². The first-order chi connectivity index (χ1) is 7.54. The number of aliphatic hydroxyl groups is 1. The molecule has 0 spiro atoms. The molecule has 0 saturated carbocycles. The zero-order valence-corrected chi connectivity index (χ0v) is 10.5. The lowest BCUT2D eigenvalue weighted by Crippen LogP contribution is -2.18. The van der Waals surface area contributed by atoms with Crippen LogP contribution in [0, 0.1) is 0 Å². The van der Waals surface area contributed by atoms with Crippen LogP contribution in [0.4, 0.5) is 0 Å². The van der Waals surface area contributed by atoms with Crippen molar-refractivity contribution >= 4 is 11.6 Å². The van der Waals surface area contributed by atoms with Gasteiger partial charge in [-0.3, -0.25) is 0 Å². The molecule has 1 N–H and O–H groups in total. The summed E-state index contributed by atoms with van der Waals surface area (Å²) in [6, 6.07) is 5.27. The minimum atomic E-state index is -0.525. The second-order valence-electron chi connectivity index (χ2n) is 3.75. The van der Waals surface area contributed by atoms with Crippen molar-refractivity contribution in [2.24, 2.45) is 0 Å². The van der Waals surface area contributed by atoms with Crippen LogP contribution < -0.4 is 4.74 Å². The Morgan fingerprint density at radius 1 is 1.38 bits per heavy atom. The third kappa shape index (κ3) is 3.67. The zero-order valence-electron chi connectivity index (χ0n) is 9.74. The summed E-state index contributed by atoms with van der Waals surface area (Å²) >= 11 is 6.04. The Morgan fingerprint density at radius 3 is 2.56 bits per heavy atom. The summed E-state index contributed by atoms with van der Waals surface area (Å²) in [4.78, 5) is 0. The van der Waals surface area contributed by atoms with E-state index >= 15 is 0 Å². The van der Waals surface area contributed by atoms with Crippen LogP contribution in [0.1, 0.15) is 25.5 Å². The van der Waals surface area contributed by atoms with Gasteiger partial charge in [0.05, 0.1) is 17.7 Å². The molecule has 0 saturated heterocycles. The maximum absolute atomic E-state index is 9.39. The van der Waals surface area contributed by atoms with Crippen LogP contribution >= 0.6 is 11.6 Å². The molecule has 90 valence electrons. The van der Waals surface area contributed by atoms with E-state index in [1.165, 1.54) is 0 Å². The number of halogens is 1. The Labute approximate surface area is 101 Å². The molecule has 16 heavy (non-hydrogen) atoms. The number of hydrogen-bond acceptors (Lipinski definition) is 3. The molecule has 0 bridgehead atoms. The normalized spacial score (nSPS) is 14.6. The van der Waals surface area contributed by atoms with Crippen molar-refractivity contribution in [3.05, 3.63) is 28.8 Å². The Morgan fingerprint density at radius 2 is 2.06 bits per heavy atom. The lowest BCUT2D eigenvalue weighted by Gasteiger charge is -2.15. The quantitative estimate of drug-likeness (QED) is 0.866. The molecule has 0 radical (unpaired) electrons. The fraction of sp³-hybridized carbons (Fsp3) is 0.500. The number of hydrogen-bond donors (Lipinski definition) is 1. The van der Waals surface area contributed by atoms with Gasteiger partial charge in [0.1, 0.15) is 11.9 Å². The predicted molar refractivity (Wildman–Crippen MR) is 64.1 cm³/mol. The Kier molecular flexibility index (Phi) is 5.06. The third-order valence-electron chi connectivity index (χ3n) is 2.17. The average molecular weight is 245 g/mol. The highest BCUT2D eigenvalue weighted by Crippen LogP contribution is 2.28. The standard InChI is InChI=1S/C12H17ClO3/c1-8(7-15-3)16-12-5-4-10(9(2)14)6-11(12)13/h4-6,8-9,14H,7H2,1-3H3. The second-order valence-corrected chi connectivity index (χ2v) is 4.16. The van der Waals surface area contributed by atoms with Gasteiger partial charge in [-0.15, -0.1) is 0 Å². The fourth-order valence-electron chi connectivity index (χ4n) is 1.36. The van der Waals surface area contributed by atoms with E-state index in [0.29, 0.717) is 17.4 Å². The van der Waals surface area contributed by atoms with E-state index in [4.69, 9.17) is 21.1 Å². The first-order valence-corrected chi connectivity index (χ1v) is 5.55. The zero-order chi connectivity index (χ0) is 12.1. The van der Waals surface area contributed by atoms with E-state index in [-0.39, 0.29) is 6.10 Å². The number of methoxy groups -OCH3 is 1. The van der Waals surface area contributed by atoms with Gasteiger partial charge in [-0.2, -0.15) is 0 Å². The molecule has 0 aliphatic carbocycles. The maximum atomic E-state index is 9.39. The van der Waals surface area contributed by atoms with E-state index in [1.807, 2.05) is 6.92 Å². The molecule has 0 heterocycles. The van der Waals surface area contributed by atoms with Crippen LogP contribution in [0.2, 0.25) is 5.02 Å². The summed E-state index contributed by atoms with van der Waals surface area (Å²) in [5.74, 6) is 0.607. The summed E-state index contributed by atoms with van der Waals surface area (Å²) in [6.45, 7) is 4.11. The molecule has 1 aromatic carbocycles. The molecular weight excluding hydrogens is 228 g/mol. The van der Waals surface area contributed by atoms with Crippen LogP contribution in [-0.4, -0.2) is 24.9 Å². The van der Waals surface area contributed by atoms with Crippen molar-refractivity contribution in [1.82, 2.24) is 0 Å². The first kappa shape index (κ1) is 13.3. The summed E-state index contributed by atoms with van der Waals surface area (Å²) in [5, 5.41) is 9.89. The molecule has 1 rings (SSSR count). The van der Waals surface area contributed by atoms with E-state index in [2.05, 4.69) is 0 Å². The molecule has 1 aromatic rings. The van der Waals surface area contributed by atoms with Gasteiger partial charge in [-0.1, -0.05) is 17.7 Å². The molecule has 0 aromatic heterocycles. The van der Waals surface area contributed by atoms with Gasteiger partial charge in [-0.05, 0) is 31.5 Å². The molecule has 2 atom stereocenters. The molecule has 2 unspecified atom stereocenters. The average Bonchev–Trinajstić information content (AvgIpc) is 2.21. The predicted octanol–water partition coefficient (Wildman–Crippen LogP) is 2.81.